The number of ether oxygens (including phenoxy) is 1. The lowest BCUT2D eigenvalue weighted by atomic mass is 9.98. The lowest BCUT2D eigenvalue weighted by Crippen LogP contribution is -2.43. The third-order valence-corrected chi connectivity index (χ3v) is 9.18. The molecule has 1 unspecified atom stereocenters. The van der Waals surface area contributed by atoms with E-state index < -0.39 is 27.7 Å². The van der Waals surface area contributed by atoms with E-state index in [1.807, 2.05) is 7.05 Å². The number of carbonyl (C=O) groups is 2. The first-order valence-corrected chi connectivity index (χ1v) is 13.5. The number of fused-ring (bicyclic) bond motifs is 1. The molecule has 34 heavy (non-hydrogen) atoms. The third kappa shape index (κ3) is 5.02. The zero-order chi connectivity index (χ0) is 24.5. The molecular weight excluding hydrogens is 481 g/mol. The average Bonchev–Trinajstić information content (AvgIpc) is 3.16. The van der Waals surface area contributed by atoms with Gasteiger partial charge in [0.1, 0.15) is 10.8 Å². The minimum atomic E-state index is -3.85. The Balaban J connectivity index is 1.53. The van der Waals surface area contributed by atoms with Crippen LogP contribution >= 0.6 is 11.3 Å². The van der Waals surface area contributed by atoms with E-state index in [1.54, 1.807) is 6.92 Å². The quantitative estimate of drug-likeness (QED) is 0.602. The highest BCUT2D eigenvalue weighted by Gasteiger charge is 2.35. The van der Waals surface area contributed by atoms with Gasteiger partial charge in [0.15, 0.2) is 0 Å². The number of hydrogen-bond donors (Lipinski definition) is 1. The second-order valence-electron chi connectivity index (χ2n) is 8.56. The minimum absolute atomic E-state index is 0.00499. The summed E-state index contributed by atoms with van der Waals surface area (Å²) in [6.45, 7) is 3.78. The van der Waals surface area contributed by atoms with Crippen LogP contribution in [0, 0.1) is 11.7 Å². The fourth-order valence-corrected chi connectivity index (χ4v) is 7.23. The monoisotopic (exact) mass is 509 g/mol. The molecule has 1 fully saturated rings. The number of benzene rings is 1. The van der Waals surface area contributed by atoms with Crippen molar-refractivity contribution in [3.8, 4) is 0 Å². The highest BCUT2D eigenvalue weighted by atomic mass is 32.2. The van der Waals surface area contributed by atoms with Gasteiger partial charge in [-0.15, -0.1) is 11.3 Å². The fraction of sp³-hybridized carbons (Fsp3) is 0.478. The van der Waals surface area contributed by atoms with Crippen molar-refractivity contribution in [2.24, 2.45) is 5.92 Å². The Morgan fingerprint density at radius 1 is 1.24 bits per heavy atom. The maximum absolute atomic E-state index is 13.2. The van der Waals surface area contributed by atoms with Crippen molar-refractivity contribution in [3.63, 3.8) is 0 Å². The van der Waals surface area contributed by atoms with E-state index in [2.05, 4.69) is 10.2 Å². The molecule has 0 aliphatic carbocycles. The molecule has 0 bridgehead atoms. The zero-order valence-electron chi connectivity index (χ0n) is 19.2. The Bertz CT molecular complexity index is 1180. The minimum Gasteiger partial charge on any atom is -0.462 e. The van der Waals surface area contributed by atoms with Crippen LogP contribution in [0.2, 0.25) is 0 Å². The number of thiophene rings is 1. The first-order valence-electron chi connectivity index (χ1n) is 11.3. The van der Waals surface area contributed by atoms with E-state index in [0.717, 1.165) is 29.1 Å². The van der Waals surface area contributed by atoms with Crippen LogP contribution < -0.4 is 5.32 Å². The van der Waals surface area contributed by atoms with Gasteiger partial charge in [0, 0.05) is 31.1 Å². The molecule has 1 saturated heterocycles. The van der Waals surface area contributed by atoms with Gasteiger partial charge in [-0.1, -0.05) is 0 Å². The van der Waals surface area contributed by atoms with Crippen molar-refractivity contribution in [3.05, 3.63) is 46.1 Å². The Morgan fingerprint density at radius 2 is 1.97 bits per heavy atom. The van der Waals surface area contributed by atoms with Gasteiger partial charge in [-0.25, -0.2) is 17.6 Å². The normalized spacial score (nSPS) is 19.4. The first-order chi connectivity index (χ1) is 16.2. The second-order valence-corrected chi connectivity index (χ2v) is 11.6. The highest BCUT2D eigenvalue weighted by molar-refractivity contribution is 7.89. The molecule has 0 saturated carbocycles. The lowest BCUT2D eigenvalue weighted by Gasteiger charge is -2.31. The van der Waals surface area contributed by atoms with Crippen LogP contribution in [-0.4, -0.2) is 62.8 Å². The number of rotatable bonds is 6. The van der Waals surface area contributed by atoms with Crippen molar-refractivity contribution in [1.82, 2.24) is 9.21 Å². The van der Waals surface area contributed by atoms with Crippen LogP contribution in [0.5, 0.6) is 0 Å². The van der Waals surface area contributed by atoms with Gasteiger partial charge in [0.05, 0.1) is 23.0 Å². The summed E-state index contributed by atoms with van der Waals surface area (Å²) in [5.74, 6) is -1.86. The Morgan fingerprint density at radius 3 is 2.68 bits per heavy atom. The van der Waals surface area contributed by atoms with Gasteiger partial charge >= 0.3 is 5.97 Å². The molecule has 4 rings (SSSR count). The van der Waals surface area contributed by atoms with E-state index in [4.69, 9.17) is 4.74 Å². The Hall–Kier alpha value is -2.34. The number of nitrogens with one attached hydrogen (secondary N) is 1. The summed E-state index contributed by atoms with van der Waals surface area (Å²) in [7, 11) is -1.84. The molecule has 1 amide bonds. The van der Waals surface area contributed by atoms with Gasteiger partial charge < -0.3 is 15.0 Å². The molecule has 184 valence electrons. The number of halogens is 1. The van der Waals surface area contributed by atoms with Crippen LogP contribution in [-0.2, 0) is 32.5 Å². The number of amides is 1. The number of anilines is 1. The van der Waals surface area contributed by atoms with Gasteiger partial charge in [-0.3, -0.25) is 4.79 Å². The predicted molar refractivity (Wildman–Crippen MR) is 127 cm³/mol. The molecule has 1 aromatic carbocycles. The molecule has 11 heteroatoms. The third-order valence-electron chi connectivity index (χ3n) is 6.17. The topological polar surface area (TPSA) is 96.0 Å². The molecule has 0 spiro atoms. The Labute approximate surface area is 202 Å². The Kier molecular flexibility index (Phi) is 7.36. The number of piperidine rings is 1. The first kappa shape index (κ1) is 24.8. The summed E-state index contributed by atoms with van der Waals surface area (Å²) < 4.78 is 45.8. The van der Waals surface area contributed by atoms with Crippen LogP contribution in [0.1, 0.15) is 40.6 Å². The number of hydrogen-bond acceptors (Lipinski definition) is 7. The lowest BCUT2D eigenvalue weighted by molar-refractivity contribution is -0.120. The molecule has 2 aliphatic rings. The molecule has 0 radical (unpaired) electrons. The average molecular weight is 510 g/mol. The number of carbonyl (C=O) groups excluding carboxylic acids is 2. The van der Waals surface area contributed by atoms with Crippen molar-refractivity contribution in [2.45, 2.75) is 37.6 Å². The van der Waals surface area contributed by atoms with E-state index >= 15 is 0 Å². The largest absolute Gasteiger partial charge is 0.462 e. The summed E-state index contributed by atoms with van der Waals surface area (Å²) in [6.07, 6.45) is 1.75. The maximum Gasteiger partial charge on any atom is 0.341 e. The molecule has 3 heterocycles. The molecule has 2 aromatic rings. The van der Waals surface area contributed by atoms with E-state index in [9.17, 15) is 22.4 Å². The highest BCUT2D eigenvalue weighted by Crippen LogP contribution is 2.38. The van der Waals surface area contributed by atoms with Crippen molar-refractivity contribution in [1.29, 1.82) is 0 Å². The smallest absolute Gasteiger partial charge is 0.341 e. The maximum atomic E-state index is 13.2. The summed E-state index contributed by atoms with van der Waals surface area (Å²) >= 11 is 1.37. The standard InChI is InChI=1S/C23H28FN3O5S2/c1-3-32-23(29)20-18-10-12-26(2)14-19(18)33-22(20)25-21(28)15-5-4-11-27(13-15)34(30,31)17-8-6-16(24)7-9-17/h6-9,15H,3-5,10-14H2,1-2H3,(H,25,28). The van der Waals surface area contributed by atoms with Crippen molar-refractivity contribution in [2.75, 3.05) is 38.6 Å². The predicted octanol–water partition coefficient (Wildman–Crippen LogP) is 3.09. The summed E-state index contributed by atoms with van der Waals surface area (Å²) in [6, 6.07) is 4.67. The van der Waals surface area contributed by atoms with E-state index in [1.165, 1.54) is 27.8 Å². The fourth-order valence-electron chi connectivity index (χ4n) is 4.38. The van der Waals surface area contributed by atoms with Crippen LogP contribution in [0.15, 0.2) is 29.2 Å². The van der Waals surface area contributed by atoms with Gasteiger partial charge in [0.25, 0.3) is 0 Å². The zero-order valence-corrected chi connectivity index (χ0v) is 20.8. The number of sulfonamides is 1. The molecule has 1 N–H and O–H groups in total. The molecule has 1 aromatic heterocycles. The molecule has 1 atom stereocenters. The van der Waals surface area contributed by atoms with Crippen LogP contribution in [0.25, 0.3) is 0 Å². The van der Waals surface area contributed by atoms with Crippen LogP contribution in [0.3, 0.4) is 0 Å². The number of esters is 1. The second kappa shape index (κ2) is 10.1. The molecule has 2 aliphatic heterocycles. The van der Waals surface area contributed by atoms with Crippen molar-refractivity contribution < 1.29 is 27.1 Å². The summed E-state index contributed by atoms with van der Waals surface area (Å²) in [5, 5.41) is 3.36. The van der Waals surface area contributed by atoms with Gasteiger partial charge in [0.2, 0.25) is 15.9 Å². The van der Waals surface area contributed by atoms with E-state index in [0.29, 0.717) is 36.4 Å². The van der Waals surface area contributed by atoms with Crippen molar-refractivity contribution >= 4 is 38.2 Å². The summed E-state index contributed by atoms with van der Waals surface area (Å²) in [4.78, 5) is 29.1. The van der Waals surface area contributed by atoms with E-state index in [-0.39, 0.29) is 30.5 Å². The van der Waals surface area contributed by atoms with Crippen LogP contribution in [0.4, 0.5) is 9.39 Å². The number of likely N-dealkylation sites (N-methyl/N-ethyl adjacent to an activating group) is 1. The number of nitrogens with zero attached hydrogens (tertiary/aromatic N) is 2. The SMILES string of the molecule is CCOC(=O)c1c(NC(=O)C2CCCN(S(=O)(=O)c3ccc(F)cc3)C2)sc2c1CCN(C)C2. The van der Waals surface area contributed by atoms with Gasteiger partial charge in [-0.2, -0.15) is 4.31 Å². The molecular formula is C23H28FN3O5S2. The van der Waals surface area contributed by atoms with Gasteiger partial charge in [-0.05, 0) is 63.1 Å². The molecule has 8 nitrogen and oxygen atoms in total. The summed E-state index contributed by atoms with van der Waals surface area (Å²) in [5.41, 5.74) is 1.33.